The number of hydrogen-bond donors (Lipinski definition) is 0. The van der Waals surface area contributed by atoms with Crippen LogP contribution in [-0.2, 0) is 0 Å². The molecule has 3 heterocycles. The van der Waals surface area contributed by atoms with E-state index in [0.29, 0.717) is 0 Å². The highest BCUT2D eigenvalue weighted by atomic mass is 75.9. The van der Waals surface area contributed by atoms with Gasteiger partial charge in [0.2, 0.25) is 0 Å². The maximum absolute atomic E-state index is 4.59. The molecule has 0 saturated carbocycles. The minimum Gasteiger partial charge on any atom is -0.245 e. The molecule has 0 spiro atoms. The van der Waals surface area contributed by atoms with E-state index in [0.717, 1.165) is 40.6 Å². The summed E-state index contributed by atoms with van der Waals surface area (Å²) in [7, 11) is -2.06. The van der Waals surface area contributed by atoms with Crippen molar-refractivity contribution in [2.75, 3.05) is 11.5 Å². The van der Waals surface area contributed by atoms with Crippen LogP contribution in [0.5, 0.6) is 0 Å². The van der Waals surface area contributed by atoms with Crippen LogP contribution in [-0.4, -0.2) is 41.4 Å². The smallest absolute Gasteiger partial charge is 0.199 e. The SMILES string of the molecule is [76Br]CCCC[P+](c1ccncn1)(c1ccncn1)c1ccncn1. The van der Waals surface area contributed by atoms with Gasteiger partial charge in [-0.1, -0.05) is 15.9 Å². The Morgan fingerprint density at radius 1 is 0.708 bits per heavy atom. The Bertz CT molecular complexity index is 648. The summed E-state index contributed by atoms with van der Waals surface area (Å²) in [5.74, 6) is 0. The second kappa shape index (κ2) is 8.31. The third-order valence-corrected chi connectivity index (χ3v) is 8.44. The number of hydrogen-bond acceptors (Lipinski definition) is 6. The van der Waals surface area contributed by atoms with E-state index in [9.17, 15) is 0 Å². The van der Waals surface area contributed by atoms with Gasteiger partial charge in [0.15, 0.2) is 23.6 Å². The van der Waals surface area contributed by atoms with E-state index < -0.39 is 7.26 Å². The fraction of sp³-hybridized carbons (Fsp3) is 0.250. The van der Waals surface area contributed by atoms with Crippen molar-refractivity contribution in [2.24, 2.45) is 0 Å². The van der Waals surface area contributed by atoms with E-state index in [2.05, 4.69) is 45.8 Å². The highest BCUT2D eigenvalue weighted by Crippen LogP contribution is 2.54. The molecular weight excluding hydrogens is 383 g/mol. The number of aromatic nitrogens is 6. The lowest BCUT2D eigenvalue weighted by Crippen LogP contribution is -2.38. The van der Waals surface area contributed by atoms with Crippen LogP contribution in [0.25, 0.3) is 0 Å². The average Bonchev–Trinajstić information content (AvgIpc) is 2.68. The topological polar surface area (TPSA) is 77.3 Å². The summed E-state index contributed by atoms with van der Waals surface area (Å²) in [5.41, 5.74) is 2.97. The van der Waals surface area contributed by atoms with Crippen molar-refractivity contribution in [2.45, 2.75) is 12.8 Å². The van der Waals surface area contributed by atoms with Gasteiger partial charge in [-0.05, 0) is 12.8 Å². The van der Waals surface area contributed by atoms with Gasteiger partial charge < -0.3 is 0 Å². The summed E-state index contributed by atoms with van der Waals surface area (Å²) in [6, 6.07) is 5.93. The molecule has 0 radical (unpaired) electrons. The summed E-state index contributed by atoms with van der Waals surface area (Å²) < 4.78 is 0. The van der Waals surface area contributed by atoms with Gasteiger partial charge in [0, 0.05) is 42.1 Å². The van der Waals surface area contributed by atoms with E-state index >= 15 is 0 Å². The van der Waals surface area contributed by atoms with Crippen LogP contribution in [0.4, 0.5) is 0 Å². The lowest BCUT2D eigenvalue weighted by Gasteiger charge is -2.23. The average molecular weight is 400 g/mol. The molecule has 3 aromatic rings. The lowest BCUT2D eigenvalue weighted by atomic mass is 10.4. The van der Waals surface area contributed by atoms with E-state index in [-0.39, 0.29) is 0 Å². The van der Waals surface area contributed by atoms with Crippen molar-refractivity contribution in [1.82, 2.24) is 29.9 Å². The summed E-state index contributed by atoms with van der Waals surface area (Å²) in [6.45, 7) is 0. The quantitative estimate of drug-likeness (QED) is 0.340. The number of halogens is 1. The first-order chi connectivity index (χ1) is 11.9. The molecular formula is C16H17BrN6P+. The highest BCUT2D eigenvalue weighted by Gasteiger charge is 2.49. The summed E-state index contributed by atoms with van der Waals surface area (Å²) >= 11 is 3.52. The molecule has 3 aromatic heterocycles. The molecule has 0 aliphatic carbocycles. The van der Waals surface area contributed by atoms with Crippen LogP contribution in [0.2, 0.25) is 0 Å². The zero-order valence-electron chi connectivity index (χ0n) is 13.0. The van der Waals surface area contributed by atoms with Crippen molar-refractivity contribution in [3.63, 3.8) is 0 Å². The predicted octanol–water partition coefficient (Wildman–Crippen LogP) is 1.53. The van der Waals surface area contributed by atoms with Gasteiger partial charge >= 0.3 is 0 Å². The Morgan fingerprint density at radius 2 is 1.17 bits per heavy atom. The Kier molecular flexibility index (Phi) is 5.88. The van der Waals surface area contributed by atoms with Crippen molar-refractivity contribution in [3.8, 4) is 0 Å². The fourth-order valence-corrected chi connectivity index (χ4v) is 6.86. The number of nitrogens with zero attached hydrogens (tertiary/aromatic N) is 6. The van der Waals surface area contributed by atoms with Crippen molar-refractivity contribution < 1.29 is 0 Å². The second-order valence-corrected chi connectivity index (χ2v) is 9.37. The van der Waals surface area contributed by atoms with Gasteiger partial charge in [-0.25, -0.2) is 29.9 Å². The lowest BCUT2D eigenvalue weighted by molar-refractivity contribution is 0.906. The predicted molar refractivity (Wildman–Crippen MR) is 99.8 cm³/mol. The molecule has 3 rings (SSSR count). The minimum absolute atomic E-state index is 0.948. The summed E-state index contributed by atoms with van der Waals surface area (Å²) in [6.07, 6.45) is 13.2. The van der Waals surface area contributed by atoms with Crippen LogP contribution in [0, 0.1) is 0 Å². The first kappa shape index (κ1) is 17.0. The molecule has 0 aromatic carbocycles. The zero-order chi connectivity index (χ0) is 16.7. The van der Waals surface area contributed by atoms with E-state index in [1.165, 1.54) is 0 Å². The maximum Gasteiger partial charge on any atom is 0.199 e. The maximum atomic E-state index is 4.59. The molecule has 6 nitrogen and oxygen atoms in total. The summed E-state index contributed by atoms with van der Waals surface area (Å²) in [5, 5.41) is 0.977. The van der Waals surface area contributed by atoms with Crippen LogP contribution in [0.15, 0.2) is 55.8 Å². The Balaban J connectivity index is 2.20. The molecule has 0 fully saturated rings. The van der Waals surface area contributed by atoms with Gasteiger partial charge in [0.1, 0.15) is 19.0 Å². The zero-order valence-corrected chi connectivity index (χ0v) is 15.5. The number of unbranched alkanes of at least 4 members (excludes halogenated alkanes) is 1. The Labute approximate surface area is 149 Å². The van der Waals surface area contributed by atoms with Gasteiger partial charge in [-0.15, -0.1) is 0 Å². The minimum atomic E-state index is -2.06. The first-order valence-corrected chi connectivity index (χ1v) is 10.7. The summed E-state index contributed by atoms with van der Waals surface area (Å²) in [4.78, 5) is 26.0. The third-order valence-electron chi connectivity index (χ3n) is 3.75. The largest absolute Gasteiger partial charge is 0.245 e. The monoisotopic (exact) mass is 400 g/mol. The van der Waals surface area contributed by atoms with Crippen LogP contribution < -0.4 is 16.3 Å². The molecule has 122 valence electrons. The van der Waals surface area contributed by atoms with Gasteiger partial charge in [0.05, 0.1) is 6.16 Å². The van der Waals surface area contributed by atoms with E-state index in [4.69, 9.17) is 0 Å². The highest BCUT2D eigenvalue weighted by molar-refractivity contribution is 9.09. The van der Waals surface area contributed by atoms with Crippen LogP contribution in [0.3, 0.4) is 0 Å². The number of rotatable bonds is 7. The standard InChI is InChI=1S/C16H17BrN6P/c17-6-1-2-10-24(14-3-7-18-11-21-14,15-4-8-19-12-22-15)16-5-9-20-13-23-16/h3-5,7-9,11-13H,1-2,6,10H2/q+1/i17-4. The van der Waals surface area contributed by atoms with Crippen molar-refractivity contribution >= 4 is 39.5 Å². The molecule has 0 amide bonds. The first-order valence-electron chi connectivity index (χ1n) is 7.61. The van der Waals surface area contributed by atoms with Crippen LogP contribution >= 0.6 is 23.2 Å². The molecule has 0 saturated heterocycles. The number of alkyl halides is 1. The molecule has 0 atom stereocenters. The van der Waals surface area contributed by atoms with Crippen molar-refractivity contribution in [1.29, 1.82) is 0 Å². The van der Waals surface area contributed by atoms with Gasteiger partial charge in [0.25, 0.3) is 0 Å². The van der Waals surface area contributed by atoms with Gasteiger partial charge in [-0.2, -0.15) is 0 Å². The Hall–Kier alpha value is -1.85. The molecule has 0 bridgehead atoms. The molecule has 8 heteroatoms. The second-order valence-electron chi connectivity index (χ2n) is 5.13. The molecule has 0 unspecified atom stereocenters. The van der Waals surface area contributed by atoms with E-state index in [1.54, 1.807) is 37.6 Å². The van der Waals surface area contributed by atoms with Gasteiger partial charge in [-0.3, -0.25) is 0 Å². The van der Waals surface area contributed by atoms with Crippen LogP contribution in [0.1, 0.15) is 12.8 Å². The Morgan fingerprint density at radius 3 is 1.50 bits per heavy atom. The molecule has 0 N–H and O–H groups in total. The molecule has 0 aliphatic heterocycles. The van der Waals surface area contributed by atoms with Crippen molar-refractivity contribution in [3.05, 3.63) is 55.8 Å². The fourth-order valence-electron chi connectivity index (χ4n) is 2.67. The van der Waals surface area contributed by atoms with E-state index in [1.807, 2.05) is 18.2 Å². The normalized spacial score (nSPS) is 11.4. The molecule has 24 heavy (non-hydrogen) atoms. The third kappa shape index (κ3) is 3.47. The molecule has 0 aliphatic rings.